The van der Waals surface area contributed by atoms with E-state index in [1.807, 2.05) is 0 Å². The van der Waals surface area contributed by atoms with Gasteiger partial charge in [-0.2, -0.15) is 0 Å². The summed E-state index contributed by atoms with van der Waals surface area (Å²) < 4.78 is 6.68. The monoisotopic (exact) mass is 702 g/mol. The average molecular weight is 703 g/mol. The molecule has 0 unspecified atom stereocenters. The summed E-state index contributed by atoms with van der Waals surface area (Å²) in [5.41, 5.74) is 17.7. The van der Waals surface area contributed by atoms with Gasteiger partial charge in [0.1, 0.15) is 11.2 Å². The number of fused-ring (bicyclic) bond motifs is 14. The molecule has 0 bridgehead atoms. The van der Waals surface area contributed by atoms with E-state index in [0.29, 0.717) is 0 Å². The van der Waals surface area contributed by atoms with E-state index in [0.717, 1.165) is 16.6 Å². The van der Waals surface area contributed by atoms with Crippen LogP contribution in [-0.2, 0) is 10.8 Å². The van der Waals surface area contributed by atoms with Crippen molar-refractivity contribution in [1.82, 2.24) is 0 Å². The minimum atomic E-state index is -0.237. The van der Waals surface area contributed by atoms with Crippen LogP contribution in [-0.4, -0.2) is 0 Å². The molecule has 1 heteroatoms. The van der Waals surface area contributed by atoms with E-state index in [2.05, 4.69) is 185 Å². The van der Waals surface area contributed by atoms with Crippen molar-refractivity contribution in [2.75, 3.05) is 0 Å². The number of furan rings is 1. The molecule has 0 atom stereocenters. The lowest BCUT2D eigenvalue weighted by Crippen LogP contribution is -2.15. The van der Waals surface area contributed by atoms with Gasteiger partial charge >= 0.3 is 0 Å². The molecule has 0 saturated heterocycles. The second-order valence-electron chi connectivity index (χ2n) is 16.8. The quantitative estimate of drug-likeness (QED) is 0.163. The van der Waals surface area contributed by atoms with E-state index in [4.69, 9.17) is 4.42 Å². The van der Waals surface area contributed by atoms with Crippen molar-refractivity contribution in [2.24, 2.45) is 0 Å². The summed E-state index contributed by atoms with van der Waals surface area (Å²) in [4.78, 5) is 0. The molecule has 0 fully saturated rings. The Hall–Kier alpha value is -6.44. The van der Waals surface area contributed by atoms with Crippen molar-refractivity contribution >= 4 is 54.3 Å². The van der Waals surface area contributed by atoms with Gasteiger partial charge in [-0.1, -0.05) is 167 Å². The van der Waals surface area contributed by atoms with Crippen LogP contribution in [0.5, 0.6) is 0 Å². The van der Waals surface area contributed by atoms with Crippen LogP contribution >= 0.6 is 0 Å². The maximum atomic E-state index is 6.68. The normalized spacial score (nSPS) is 14.8. The molecule has 12 rings (SSSR count). The van der Waals surface area contributed by atoms with Crippen molar-refractivity contribution in [2.45, 2.75) is 38.5 Å². The molecule has 0 spiro atoms. The SMILES string of the molecule is CC1(C)c2ccccc2-c2c(-c3c4ccccc4c(-c4ccc5c(c4)C(C)(C)c4c-5ccc5oc6c7ccccc7ccc6c45)c4ccccc34)cccc21. The van der Waals surface area contributed by atoms with E-state index in [9.17, 15) is 0 Å². The van der Waals surface area contributed by atoms with Gasteiger partial charge in [0.15, 0.2) is 0 Å². The second-order valence-corrected chi connectivity index (χ2v) is 16.8. The standard InChI is InChI=1S/C54H38O/c1-53(2)43-22-12-11-20-40(43)49-41(21-13-23-44(49)53)48-37-18-9-7-16-35(37)47(36-17-8-10-19-38(36)48)32-25-26-34-39-28-29-46-50(51(39)54(3,4)45(34)30-32)42-27-24-31-14-5-6-15-33(31)52(42)55-46/h5-30H,1-4H3. The summed E-state index contributed by atoms with van der Waals surface area (Å²) in [6.45, 7) is 9.54. The van der Waals surface area contributed by atoms with Crippen LogP contribution in [0.1, 0.15) is 49.9 Å². The van der Waals surface area contributed by atoms with Crippen molar-refractivity contribution in [3.05, 3.63) is 180 Å². The maximum absolute atomic E-state index is 6.68. The predicted molar refractivity (Wildman–Crippen MR) is 232 cm³/mol. The highest BCUT2D eigenvalue weighted by atomic mass is 16.3. The smallest absolute Gasteiger partial charge is 0.143 e. The van der Waals surface area contributed by atoms with Crippen molar-refractivity contribution in [1.29, 1.82) is 0 Å². The minimum Gasteiger partial charge on any atom is -0.455 e. The van der Waals surface area contributed by atoms with Gasteiger partial charge in [-0.25, -0.2) is 0 Å². The van der Waals surface area contributed by atoms with Crippen molar-refractivity contribution in [3.63, 3.8) is 0 Å². The molecule has 0 amide bonds. The Labute approximate surface area is 320 Å². The minimum absolute atomic E-state index is 0.0651. The first-order valence-corrected chi connectivity index (χ1v) is 19.5. The van der Waals surface area contributed by atoms with Crippen LogP contribution in [0.15, 0.2) is 162 Å². The lowest BCUT2D eigenvalue weighted by atomic mass is 9.78. The molecule has 2 aliphatic rings. The molecule has 9 aromatic carbocycles. The molecule has 1 heterocycles. The zero-order valence-electron chi connectivity index (χ0n) is 31.4. The summed E-state index contributed by atoms with van der Waals surface area (Å²) in [5, 5.41) is 9.93. The molecule has 1 nitrogen and oxygen atoms in total. The van der Waals surface area contributed by atoms with Crippen molar-refractivity contribution < 1.29 is 4.42 Å². The van der Waals surface area contributed by atoms with Crippen LogP contribution < -0.4 is 0 Å². The largest absolute Gasteiger partial charge is 0.455 e. The lowest BCUT2D eigenvalue weighted by molar-refractivity contribution is 0.658. The average Bonchev–Trinajstić information content (AvgIpc) is 3.79. The molecule has 260 valence electrons. The topological polar surface area (TPSA) is 13.1 Å². The Morgan fingerprint density at radius 1 is 0.382 bits per heavy atom. The lowest BCUT2D eigenvalue weighted by Gasteiger charge is -2.24. The van der Waals surface area contributed by atoms with Crippen molar-refractivity contribution in [3.8, 4) is 44.5 Å². The predicted octanol–water partition coefficient (Wildman–Crippen LogP) is 15.0. The van der Waals surface area contributed by atoms with Gasteiger partial charge in [-0.3, -0.25) is 0 Å². The first-order valence-electron chi connectivity index (χ1n) is 19.5. The third-order valence-electron chi connectivity index (χ3n) is 13.2. The Balaban J connectivity index is 1.10. The van der Waals surface area contributed by atoms with E-state index in [-0.39, 0.29) is 10.8 Å². The van der Waals surface area contributed by atoms with Gasteiger partial charge in [0.2, 0.25) is 0 Å². The summed E-state index contributed by atoms with van der Waals surface area (Å²) in [6.07, 6.45) is 0. The number of benzene rings is 9. The van der Waals surface area contributed by atoms with E-state index in [1.54, 1.807) is 0 Å². The molecule has 0 N–H and O–H groups in total. The summed E-state index contributed by atoms with van der Waals surface area (Å²) in [5.74, 6) is 0. The van der Waals surface area contributed by atoms with Gasteiger partial charge in [0, 0.05) is 27.0 Å². The van der Waals surface area contributed by atoms with E-state index in [1.165, 1.54) is 104 Å². The van der Waals surface area contributed by atoms with Crippen LogP contribution in [0.25, 0.3) is 98.8 Å². The Morgan fingerprint density at radius 2 is 1.00 bits per heavy atom. The van der Waals surface area contributed by atoms with E-state index < -0.39 is 0 Å². The number of hydrogen-bond donors (Lipinski definition) is 0. The molecular formula is C54H38O. The van der Waals surface area contributed by atoms with Crippen LogP contribution in [0.3, 0.4) is 0 Å². The first-order chi connectivity index (χ1) is 26.8. The summed E-state index contributed by atoms with van der Waals surface area (Å²) in [6, 6.07) is 58.9. The molecule has 0 saturated carbocycles. The summed E-state index contributed by atoms with van der Waals surface area (Å²) >= 11 is 0. The third-order valence-corrected chi connectivity index (χ3v) is 13.2. The maximum Gasteiger partial charge on any atom is 0.143 e. The molecule has 0 radical (unpaired) electrons. The van der Waals surface area contributed by atoms with Crippen LogP contribution in [0, 0.1) is 0 Å². The van der Waals surface area contributed by atoms with Gasteiger partial charge in [0.05, 0.1) is 0 Å². The fourth-order valence-electron chi connectivity index (χ4n) is 10.7. The zero-order chi connectivity index (χ0) is 36.8. The fourth-order valence-corrected chi connectivity index (χ4v) is 10.7. The van der Waals surface area contributed by atoms with Gasteiger partial charge in [0.25, 0.3) is 0 Å². The molecule has 2 aliphatic carbocycles. The zero-order valence-corrected chi connectivity index (χ0v) is 31.4. The molecule has 1 aromatic heterocycles. The Bertz CT molecular complexity index is 3260. The second kappa shape index (κ2) is 10.6. The van der Waals surface area contributed by atoms with Gasteiger partial charge in [-0.15, -0.1) is 0 Å². The third kappa shape index (κ3) is 3.93. The van der Waals surface area contributed by atoms with Gasteiger partial charge in [-0.05, 0) is 112 Å². The van der Waals surface area contributed by atoms with Crippen LogP contribution in [0.4, 0.5) is 0 Å². The highest BCUT2D eigenvalue weighted by Crippen LogP contribution is 2.57. The fraction of sp³-hybridized carbons (Fsp3) is 0.111. The summed E-state index contributed by atoms with van der Waals surface area (Å²) in [7, 11) is 0. The van der Waals surface area contributed by atoms with Crippen LogP contribution in [0.2, 0.25) is 0 Å². The number of rotatable bonds is 2. The number of hydrogen-bond acceptors (Lipinski definition) is 1. The highest BCUT2D eigenvalue weighted by Gasteiger charge is 2.40. The highest BCUT2D eigenvalue weighted by molar-refractivity contribution is 6.23. The Kier molecular flexibility index (Phi) is 5.98. The molecule has 0 aliphatic heterocycles. The first kappa shape index (κ1) is 31.0. The Morgan fingerprint density at radius 3 is 1.76 bits per heavy atom. The van der Waals surface area contributed by atoms with Gasteiger partial charge < -0.3 is 4.42 Å². The molecule has 55 heavy (non-hydrogen) atoms. The molecular weight excluding hydrogens is 665 g/mol. The molecule has 10 aromatic rings. The van der Waals surface area contributed by atoms with E-state index >= 15 is 0 Å².